The molecular formula is C26H21NS. The van der Waals surface area contributed by atoms with Gasteiger partial charge in [-0.2, -0.15) is 0 Å². The van der Waals surface area contributed by atoms with Gasteiger partial charge in [0.05, 0.1) is 0 Å². The summed E-state index contributed by atoms with van der Waals surface area (Å²) in [5.41, 5.74) is 3.97. The van der Waals surface area contributed by atoms with Crippen molar-refractivity contribution in [1.29, 1.82) is 0 Å². The highest BCUT2D eigenvalue weighted by molar-refractivity contribution is 7.26. The van der Waals surface area contributed by atoms with Gasteiger partial charge in [0.1, 0.15) is 0 Å². The Labute approximate surface area is 167 Å². The molecule has 4 aromatic carbocycles. The van der Waals surface area contributed by atoms with Crippen molar-refractivity contribution in [2.45, 2.75) is 26.2 Å². The third-order valence-electron chi connectivity index (χ3n) is 5.95. The van der Waals surface area contributed by atoms with Gasteiger partial charge in [0.2, 0.25) is 0 Å². The van der Waals surface area contributed by atoms with Crippen molar-refractivity contribution in [2.75, 3.05) is 0 Å². The molecule has 0 aliphatic carbocycles. The number of benzene rings is 4. The SMILES string of the molecule is CC(C)(C)c1ccc2[nH]c3cc4sc5c6ccccc6ccc5c4cc3c2c1. The summed E-state index contributed by atoms with van der Waals surface area (Å²) in [6, 6.07) is 24.8. The monoisotopic (exact) mass is 379 g/mol. The molecule has 0 saturated carbocycles. The summed E-state index contributed by atoms with van der Waals surface area (Å²) in [6.07, 6.45) is 0. The van der Waals surface area contributed by atoms with Crippen LogP contribution in [0.5, 0.6) is 0 Å². The lowest BCUT2D eigenvalue weighted by molar-refractivity contribution is 0.591. The van der Waals surface area contributed by atoms with Crippen LogP contribution in [0.4, 0.5) is 0 Å². The molecular weight excluding hydrogens is 358 g/mol. The first-order valence-electron chi connectivity index (χ1n) is 9.79. The quantitative estimate of drug-likeness (QED) is 0.274. The molecule has 0 spiro atoms. The Balaban J connectivity index is 1.73. The molecule has 2 heteroatoms. The molecule has 2 aromatic heterocycles. The van der Waals surface area contributed by atoms with Gasteiger partial charge < -0.3 is 4.98 Å². The van der Waals surface area contributed by atoms with Crippen molar-refractivity contribution in [2.24, 2.45) is 0 Å². The highest BCUT2D eigenvalue weighted by Crippen LogP contribution is 2.41. The smallest absolute Gasteiger partial charge is 0.0479 e. The van der Waals surface area contributed by atoms with Crippen LogP contribution in [-0.4, -0.2) is 4.98 Å². The fraction of sp³-hybridized carbons (Fsp3) is 0.154. The van der Waals surface area contributed by atoms with Gasteiger partial charge in [-0.25, -0.2) is 0 Å². The predicted molar refractivity (Wildman–Crippen MR) is 125 cm³/mol. The lowest BCUT2D eigenvalue weighted by Crippen LogP contribution is -2.10. The van der Waals surface area contributed by atoms with Crippen LogP contribution in [-0.2, 0) is 5.41 Å². The second kappa shape index (κ2) is 5.36. The first-order valence-corrected chi connectivity index (χ1v) is 10.6. The van der Waals surface area contributed by atoms with Gasteiger partial charge in [-0.3, -0.25) is 0 Å². The third-order valence-corrected chi connectivity index (χ3v) is 7.15. The van der Waals surface area contributed by atoms with Crippen LogP contribution in [0.15, 0.2) is 66.7 Å². The van der Waals surface area contributed by atoms with E-state index in [1.807, 2.05) is 11.3 Å². The van der Waals surface area contributed by atoms with Crippen molar-refractivity contribution in [3.63, 3.8) is 0 Å². The van der Waals surface area contributed by atoms with Gasteiger partial charge in [-0.1, -0.05) is 63.2 Å². The lowest BCUT2D eigenvalue weighted by atomic mass is 9.86. The minimum absolute atomic E-state index is 0.149. The fourth-order valence-electron chi connectivity index (χ4n) is 4.36. The van der Waals surface area contributed by atoms with Gasteiger partial charge in [0.15, 0.2) is 0 Å². The van der Waals surface area contributed by atoms with E-state index in [1.165, 1.54) is 58.3 Å². The molecule has 1 N–H and O–H groups in total. The molecule has 28 heavy (non-hydrogen) atoms. The molecule has 0 atom stereocenters. The molecule has 1 nitrogen and oxygen atoms in total. The van der Waals surface area contributed by atoms with Crippen molar-refractivity contribution < 1.29 is 0 Å². The van der Waals surface area contributed by atoms with E-state index in [4.69, 9.17) is 0 Å². The molecule has 0 radical (unpaired) electrons. The fourth-order valence-corrected chi connectivity index (χ4v) is 5.62. The number of nitrogens with one attached hydrogen (secondary N) is 1. The van der Waals surface area contributed by atoms with E-state index in [0.717, 1.165) is 0 Å². The summed E-state index contributed by atoms with van der Waals surface area (Å²) in [6.45, 7) is 6.83. The van der Waals surface area contributed by atoms with Crippen LogP contribution in [0, 0.1) is 0 Å². The standard InChI is InChI=1S/C26H21NS/c1-26(2,3)16-9-11-22-19(12-16)20-13-21-18-10-8-15-6-4-5-7-17(15)25(18)28-24(21)14-23(20)27-22/h4-14,27H,1-3H3. The van der Waals surface area contributed by atoms with E-state index >= 15 is 0 Å². The van der Waals surface area contributed by atoms with Crippen LogP contribution < -0.4 is 0 Å². The lowest BCUT2D eigenvalue weighted by Gasteiger charge is -2.18. The first-order chi connectivity index (χ1) is 13.5. The Hall–Kier alpha value is -2.84. The number of fused-ring (bicyclic) bond motifs is 8. The zero-order chi connectivity index (χ0) is 19.0. The summed E-state index contributed by atoms with van der Waals surface area (Å²) in [5, 5.41) is 8.03. The largest absolute Gasteiger partial charge is 0.354 e. The summed E-state index contributed by atoms with van der Waals surface area (Å²) < 4.78 is 2.74. The summed E-state index contributed by atoms with van der Waals surface area (Å²) in [5.74, 6) is 0. The highest BCUT2D eigenvalue weighted by Gasteiger charge is 2.16. The summed E-state index contributed by atoms with van der Waals surface area (Å²) in [4.78, 5) is 3.64. The molecule has 2 heterocycles. The van der Waals surface area contributed by atoms with Crippen LogP contribution in [0.2, 0.25) is 0 Å². The van der Waals surface area contributed by atoms with Crippen LogP contribution in [0.3, 0.4) is 0 Å². The van der Waals surface area contributed by atoms with Gasteiger partial charge >= 0.3 is 0 Å². The molecule has 0 bridgehead atoms. The van der Waals surface area contributed by atoms with Gasteiger partial charge in [0, 0.05) is 42.0 Å². The van der Waals surface area contributed by atoms with E-state index in [9.17, 15) is 0 Å². The molecule has 0 fully saturated rings. The van der Waals surface area contributed by atoms with Crippen LogP contribution in [0.1, 0.15) is 26.3 Å². The number of rotatable bonds is 0. The molecule has 0 amide bonds. The maximum Gasteiger partial charge on any atom is 0.0479 e. The Morgan fingerprint density at radius 3 is 2.36 bits per heavy atom. The minimum atomic E-state index is 0.149. The number of H-pyrrole nitrogens is 1. The molecule has 0 aliphatic heterocycles. The number of hydrogen-bond donors (Lipinski definition) is 1. The zero-order valence-corrected chi connectivity index (χ0v) is 17.1. The van der Waals surface area contributed by atoms with Crippen molar-refractivity contribution in [3.8, 4) is 0 Å². The molecule has 6 aromatic rings. The van der Waals surface area contributed by atoms with E-state index in [-0.39, 0.29) is 5.41 Å². The van der Waals surface area contributed by atoms with E-state index < -0.39 is 0 Å². The zero-order valence-electron chi connectivity index (χ0n) is 16.3. The maximum atomic E-state index is 3.64. The Bertz CT molecular complexity index is 1540. The minimum Gasteiger partial charge on any atom is -0.354 e. The van der Waals surface area contributed by atoms with E-state index in [2.05, 4.69) is 92.5 Å². The van der Waals surface area contributed by atoms with Crippen LogP contribution in [0.25, 0.3) is 52.8 Å². The topological polar surface area (TPSA) is 15.8 Å². The molecule has 136 valence electrons. The summed E-state index contributed by atoms with van der Waals surface area (Å²) in [7, 11) is 0. The number of hydrogen-bond acceptors (Lipinski definition) is 1. The molecule has 0 saturated heterocycles. The first kappa shape index (κ1) is 16.1. The van der Waals surface area contributed by atoms with E-state index in [1.54, 1.807) is 0 Å². The molecule has 6 rings (SSSR count). The molecule has 0 unspecified atom stereocenters. The van der Waals surface area contributed by atoms with E-state index in [0.29, 0.717) is 0 Å². The van der Waals surface area contributed by atoms with Crippen molar-refractivity contribution >= 4 is 64.1 Å². The average molecular weight is 380 g/mol. The average Bonchev–Trinajstić information content (AvgIpc) is 3.22. The number of thiophene rings is 1. The second-order valence-electron chi connectivity index (χ2n) is 8.79. The van der Waals surface area contributed by atoms with Crippen LogP contribution >= 0.6 is 11.3 Å². The summed E-state index contributed by atoms with van der Waals surface area (Å²) >= 11 is 1.90. The Morgan fingerprint density at radius 1 is 0.679 bits per heavy atom. The third kappa shape index (κ3) is 2.18. The highest BCUT2D eigenvalue weighted by atomic mass is 32.1. The van der Waals surface area contributed by atoms with Crippen molar-refractivity contribution in [1.82, 2.24) is 4.98 Å². The number of aromatic nitrogens is 1. The van der Waals surface area contributed by atoms with Crippen molar-refractivity contribution in [3.05, 3.63) is 72.3 Å². The second-order valence-corrected chi connectivity index (χ2v) is 9.85. The normalized spacial score (nSPS) is 12.8. The Kier molecular flexibility index (Phi) is 3.09. The van der Waals surface area contributed by atoms with Gasteiger partial charge in [-0.15, -0.1) is 11.3 Å². The predicted octanol–water partition coefficient (Wildman–Crippen LogP) is 8.14. The number of aromatic amines is 1. The van der Waals surface area contributed by atoms with Gasteiger partial charge in [-0.05, 0) is 46.0 Å². The molecule has 0 aliphatic rings. The maximum absolute atomic E-state index is 3.64. The Morgan fingerprint density at radius 2 is 1.50 bits per heavy atom. The van der Waals surface area contributed by atoms with Gasteiger partial charge in [0.25, 0.3) is 0 Å².